The molecule has 0 radical (unpaired) electrons. The van der Waals surface area contributed by atoms with Crippen LogP contribution in [0.3, 0.4) is 0 Å². The van der Waals surface area contributed by atoms with E-state index < -0.39 is 15.8 Å². The normalized spacial score (nSPS) is 11.3. The topological polar surface area (TPSA) is 72.2 Å². The summed E-state index contributed by atoms with van der Waals surface area (Å²) in [6.45, 7) is 1.73. The predicted octanol–water partition coefficient (Wildman–Crippen LogP) is 3.17. The van der Waals surface area contributed by atoms with Gasteiger partial charge >= 0.3 is 0 Å². The summed E-state index contributed by atoms with van der Waals surface area (Å²) in [4.78, 5) is -0.0855. The smallest absolute Gasteiger partial charge is 0.262 e. The highest BCUT2D eigenvalue weighted by atomic mass is 35.5. The lowest BCUT2D eigenvalue weighted by atomic mass is 10.2. The number of nitrogens with two attached hydrogens (primary N) is 1. The van der Waals surface area contributed by atoms with Gasteiger partial charge in [-0.1, -0.05) is 17.7 Å². The van der Waals surface area contributed by atoms with E-state index in [9.17, 15) is 12.8 Å². The minimum Gasteiger partial charge on any atom is -0.398 e. The summed E-state index contributed by atoms with van der Waals surface area (Å²) in [5.74, 6) is -0.652. The van der Waals surface area contributed by atoms with Crippen LogP contribution in [0.4, 0.5) is 15.8 Å². The summed E-state index contributed by atoms with van der Waals surface area (Å²) in [5.41, 5.74) is 6.41. The van der Waals surface area contributed by atoms with Crippen molar-refractivity contribution >= 4 is 33.0 Å². The van der Waals surface area contributed by atoms with Gasteiger partial charge in [-0.15, -0.1) is 0 Å². The van der Waals surface area contributed by atoms with Crippen molar-refractivity contribution in [3.63, 3.8) is 0 Å². The molecule has 0 fully saturated rings. The van der Waals surface area contributed by atoms with Crippen LogP contribution in [0, 0.1) is 12.7 Å². The molecule has 0 aliphatic rings. The zero-order valence-electron chi connectivity index (χ0n) is 10.5. The molecule has 0 bridgehead atoms. The number of rotatable bonds is 3. The number of nitrogen functional groups attached to an aromatic ring is 1. The van der Waals surface area contributed by atoms with E-state index in [2.05, 4.69) is 4.72 Å². The van der Waals surface area contributed by atoms with Crippen LogP contribution in [0.1, 0.15) is 5.56 Å². The lowest BCUT2D eigenvalue weighted by molar-refractivity contribution is 0.598. The van der Waals surface area contributed by atoms with Crippen molar-refractivity contribution in [1.29, 1.82) is 0 Å². The Kier molecular flexibility index (Phi) is 3.87. The van der Waals surface area contributed by atoms with E-state index in [0.29, 0.717) is 0 Å². The Balaban J connectivity index is 2.40. The van der Waals surface area contributed by atoms with E-state index in [1.165, 1.54) is 30.3 Å². The van der Waals surface area contributed by atoms with Crippen molar-refractivity contribution in [3.05, 3.63) is 52.8 Å². The predicted molar refractivity (Wildman–Crippen MR) is 77.8 cm³/mol. The molecule has 4 nitrogen and oxygen atoms in total. The summed E-state index contributed by atoms with van der Waals surface area (Å²) in [6, 6.07) is 8.05. The Hall–Kier alpha value is -1.79. The van der Waals surface area contributed by atoms with Gasteiger partial charge in [0.2, 0.25) is 0 Å². The molecule has 2 aromatic carbocycles. The van der Waals surface area contributed by atoms with Gasteiger partial charge in [0.25, 0.3) is 10.0 Å². The van der Waals surface area contributed by atoms with Crippen molar-refractivity contribution in [2.24, 2.45) is 0 Å². The third kappa shape index (κ3) is 3.02. The summed E-state index contributed by atoms with van der Waals surface area (Å²) < 4.78 is 40.1. The molecule has 0 aliphatic heterocycles. The number of halogens is 2. The number of anilines is 2. The Morgan fingerprint density at radius 1 is 1.20 bits per heavy atom. The number of benzene rings is 2. The number of sulfonamides is 1. The van der Waals surface area contributed by atoms with Crippen LogP contribution >= 0.6 is 11.6 Å². The van der Waals surface area contributed by atoms with Crippen LogP contribution in [0.15, 0.2) is 41.3 Å². The van der Waals surface area contributed by atoms with Crippen LogP contribution in [0.2, 0.25) is 5.02 Å². The first-order chi connectivity index (χ1) is 9.29. The third-order valence-electron chi connectivity index (χ3n) is 2.65. The summed E-state index contributed by atoms with van der Waals surface area (Å²) >= 11 is 5.79. The van der Waals surface area contributed by atoms with Crippen molar-refractivity contribution < 1.29 is 12.8 Å². The minimum atomic E-state index is -3.92. The molecule has 0 spiro atoms. The maximum absolute atomic E-state index is 13.6. The largest absolute Gasteiger partial charge is 0.398 e. The average Bonchev–Trinajstić information content (AvgIpc) is 2.36. The standard InChI is InChI=1S/C13H12ClFN2O2S/c1-8-2-4-11(15)13(6-8)17-20(18,19)9-3-5-12(16)10(14)7-9/h2-7,17H,16H2,1H3. The number of hydrogen-bond acceptors (Lipinski definition) is 3. The summed E-state index contributed by atoms with van der Waals surface area (Å²) in [7, 11) is -3.92. The quantitative estimate of drug-likeness (QED) is 0.855. The molecule has 0 saturated carbocycles. The molecule has 0 atom stereocenters. The average molecular weight is 315 g/mol. The van der Waals surface area contributed by atoms with Gasteiger partial charge in [0.05, 0.1) is 21.3 Å². The van der Waals surface area contributed by atoms with Gasteiger partial charge in [-0.3, -0.25) is 4.72 Å². The van der Waals surface area contributed by atoms with Crippen LogP contribution in [0.5, 0.6) is 0 Å². The van der Waals surface area contributed by atoms with Crippen molar-refractivity contribution in [3.8, 4) is 0 Å². The van der Waals surface area contributed by atoms with E-state index in [4.69, 9.17) is 17.3 Å². The second kappa shape index (κ2) is 5.30. The second-order valence-electron chi connectivity index (χ2n) is 4.27. The van der Waals surface area contributed by atoms with Gasteiger partial charge < -0.3 is 5.73 Å². The minimum absolute atomic E-state index is 0.0855. The molecule has 0 amide bonds. The molecule has 106 valence electrons. The maximum Gasteiger partial charge on any atom is 0.262 e. The maximum atomic E-state index is 13.6. The third-order valence-corrected chi connectivity index (χ3v) is 4.34. The Morgan fingerprint density at radius 2 is 1.90 bits per heavy atom. The Labute approximate surface area is 121 Å². The highest BCUT2D eigenvalue weighted by Crippen LogP contribution is 2.25. The molecule has 20 heavy (non-hydrogen) atoms. The highest BCUT2D eigenvalue weighted by Gasteiger charge is 2.17. The highest BCUT2D eigenvalue weighted by molar-refractivity contribution is 7.92. The second-order valence-corrected chi connectivity index (χ2v) is 6.36. The van der Waals surface area contributed by atoms with Crippen molar-refractivity contribution in [2.75, 3.05) is 10.5 Å². The van der Waals surface area contributed by atoms with Crippen LogP contribution in [0.25, 0.3) is 0 Å². The van der Waals surface area contributed by atoms with E-state index in [1.807, 2.05) is 0 Å². The molecule has 0 aliphatic carbocycles. The van der Waals surface area contributed by atoms with E-state index in [-0.39, 0.29) is 21.3 Å². The van der Waals surface area contributed by atoms with E-state index in [1.54, 1.807) is 13.0 Å². The number of aryl methyl sites for hydroxylation is 1. The molecule has 0 aromatic heterocycles. The molecule has 2 rings (SSSR count). The zero-order chi connectivity index (χ0) is 14.9. The lowest BCUT2D eigenvalue weighted by Gasteiger charge is -2.10. The SMILES string of the molecule is Cc1ccc(F)c(NS(=O)(=O)c2ccc(N)c(Cl)c2)c1. The monoisotopic (exact) mass is 314 g/mol. The fourth-order valence-corrected chi connectivity index (χ4v) is 2.93. The van der Waals surface area contributed by atoms with Crippen LogP contribution < -0.4 is 10.5 Å². The lowest BCUT2D eigenvalue weighted by Crippen LogP contribution is -2.14. The zero-order valence-corrected chi connectivity index (χ0v) is 12.1. The van der Waals surface area contributed by atoms with Gasteiger partial charge in [-0.2, -0.15) is 0 Å². The molecule has 3 N–H and O–H groups in total. The van der Waals surface area contributed by atoms with Gasteiger partial charge in [0.1, 0.15) is 5.82 Å². The van der Waals surface area contributed by atoms with E-state index in [0.717, 1.165) is 5.56 Å². The molecule has 2 aromatic rings. The molecule has 0 heterocycles. The van der Waals surface area contributed by atoms with Gasteiger partial charge in [-0.25, -0.2) is 12.8 Å². The molecular formula is C13H12ClFN2O2S. The van der Waals surface area contributed by atoms with Gasteiger partial charge in [0, 0.05) is 0 Å². The Morgan fingerprint density at radius 3 is 2.55 bits per heavy atom. The fourth-order valence-electron chi connectivity index (χ4n) is 1.60. The van der Waals surface area contributed by atoms with Crippen molar-refractivity contribution in [1.82, 2.24) is 0 Å². The van der Waals surface area contributed by atoms with Gasteiger partial charge in [0.15, 0.2) is 0 Å². The summed E-state index contributed by atoms with van der Waals surface area (Å²) in [5, 5.41) is 0.123. The molecule has 0 saturated heterocycles. The molecule has 0 unspecified atom stereocenters. The van der Waals surface area contributed by atoms with Gasteiger partial charge in [-0.05, 0) is 42.8 Å². The van der Waals surface area contributed by atoms with Crippen LogP contribution in [-0.4, -0.2) is 8.42 Å². The number of nitrogens with one attached hydrogen (secondary N) is 1. The molecular weight excluding hydrogens is 303 g/mol. The first-order valence-electron chi connectivity index (χ1n) is 5.63. The fraction of sp³-hybridized carbons (Fsp3) is 0.0769. The first-order valence-corrected chi connectivity index (χ1v) is 7.50. The van der Waals surface area contributed by atoms with E-state index >= 15 is 0 Å². The molecule has 7 heteroatoms. The first kappa shape index (κ1) is 14.6. The number of hydrogen-bond donors (Lipinski definition) is 2. The Bertz CT molecular complexity index is 763. The summed E-state index contributed by atoms with van der Waals surface area (Å²) in [6.07, 6.45) is 0. The van der Waals surface area contributed by atoms with Crippen LogP contribution in [-0.2, 0) is 10.0 Å². The van der Waals surface area contributed by atoms with Crippen molar-refractivity contribution in [2.45, 2.75) is 11.8 Å².